The fraction of sp³-hybridized carbons (Fsp3) is 0. The summed E-state index contributed by atoms with van der Waals surface area (Å²) in [6, 6.07) is 74.4. The number of anilines is 3. The Hall–Kier alpha value is -8.26. The maximum absolute atomic E-state index is 7.65. The molecule has 296 valence electrons. The molecule has 0 bridgehead atoms. The molecule has 0 radical (unpaired) electrons. The summed E-state index contributed by atoms with van der Waals surface area (Å²) in [7, 11) is -3.25. The van der Waals surface area contributed by atoms with Crippen molar-refractivity contribution in [2.24, 2.45) is 0 Å². The van der Waals surface area contributed by atoms with Gasteiger partial charge in [0.05, 0.1) is 22.2 Å². The van der Waals surface area contributed by atoms with Crippen molar-refractivity contribution in [3.63, 3.8) is 0 Å². The number of imidazole rings is 1. The van der Waals surface area contributed by atoms with Crippen molar-refractivity contribution in [2.75, 3.05) is 4.90 Å². The number of benzene rings is 8. The van der Waals surface area contributed by atoms with Crippen molar-refractivity contribution < 1.29 is 4.74 Å². The molecule has 8 aromatic carbocycles. The Balaban J connectivity index is 1.23. The van der Waals surface area contributed by atoms with E-state index in [2.05, 4.69) is 214 Å². The smallest absolute Gasteiger partial charge is 0.188 e. The number of fused-ring (bicyclic) bond motifs is 12. The summed E-state index contributed by atoms with van der Waals surface area (Å²) in [5, 5.41) is 10.6. The first-order valence-electron chi connectivity index (χ1n) is 21.3. The Kier molecular flexibility index (Phi) is 7.82. The molecule has 12 aromatic rings. The summed E-state index contributed by atoms with van der Waals surface area (Å²) < 4.78 is 12.1. The van der Waals surface area contributed by atoms with Gasteiger partial charge in [-0.2, -0.15) is 0 Å². The fourth-order valence-corrected chi connectivity index (χ4v) is 15.7. The maximum atomic E-state index is 7.65. The molecule has 0 spiro atoms. The summed E-state index contributed by atoms with van der Waals surface area (Å²) >= 11 is 0. The average Bonchev–Trinajstić information content (AvgIpc) is 3.99. The Bertz CT molecular complexity index is 3680. The number of hydrogen-bond donors (Lipinski definition) is 0. The molecular formula is C56H37N5OSi. The average molecular weight is 824 g/mol. The van der Waals surface area contributed by atoms with Crippen molar-refractivity contribution in [1.29, 1.82) is 0 Å². The van der Waals surface area contributed by atoms with E-state index >= 15 is 0 Å². The van der Waals surface area contributed by atoms with Crippen LogP contribution < -0.4 is 30.4 Å². The Morgan fingerprint density at radius 1 is 0.476 bits per heavy atom. The van der Waals surface area contributed by atoms with Crippen LogP contribution in [0.25, 0.3) is 54.9 Å². The minimum absolute atomic E-state index is 0.735. The highest BCUT2D eigenvalue weighted by Crippen LogP contribution is 2.48. The molecule has 1 aliphatic heterocycles. The van der Waals surface area contributed by atoms with Crippen LogP contribution in [0.15, 0.2) is 225 Å². The van der Waals surface area contributed by atoms with Gasteiger partial charge in [0.15, 0.2) is 8.07 Å². The number of pyridine rings is 2. The molecule has 0 atom stereocenters. The van der Waals surface area contributed by atoms with Gasteiger partial charge in [-0.25, -0.2) is 9.97 Å². The summed E-state index contributed by atoms with van der Waals surface area (Å²) in [5.41, 5.74) is 7.43. The van der Waals surface area contributed by atoms with Gasteiger partial charge in [-0.15, -0.1) is 0 Å². The van der Waals surface area contributed by atoms with E-state index < -0.39 is 8.07 Å². The number of rotatable bonds is 6. The van der Waals surface area contributed by atoms with Crippen LogP contribution in [-0.2, 0) is 0 Å². The van der Waals surface area contributed by atoms with Crippen molar-refractivity contribution in [1.82, 2.24) is 18.9 Å². The lowest BCUT2D eigenvalue weighted by molar-refractivity contribution is 0.487. The molecule has 5 heterocycles. The number of aromatic nitrogens is 4. The highest BCUT2D eigenvalue weighted by atomic mass is 28.3. The van der Waals surface area contributed by atoms with E-state index in [0.717, 1.165) is 83.5 Å². The molecule has 0 saturated heterocycles. The van der Waals surface area contributed by atoms with Crippen LogP contribution in [0.3, 0.4) is 0 Å². The lowest BCUT2D eigenvalue weighted by Crippen LogP contribution is -2.77. The summed E-state index contributed by atoms with van der Waals surface area (Å²) in [6.45, 7) is 0. The molecule has 0 aliphatic carbocycles. The zero-order valence-corrected chi connectivity index (χ0v) is 35.0. The predicted octanol–water partition coefficient (Wildman–Crippen LogP) is 11.1. The third-order valence-corrected chi connectivity index (χ3v) is 17.8. The van der Waals surface area contributed by atoms with Crippen LogP contribution in [0.1, 0.15) is 0 Å². The Labute approximate surface area is 364 Å². The molecule has 7 heteroatoms. The lowest BCUT2D eigenvalue weighted by atomic mass is 10.1. The second kappa shape index (κ2) is 13.9. The normalized spacial score (nSPS) is 13.2. The van der Waals surface area contributed by atoms with Crippen LogP contribution >= 0.6 is 0 Å². The van der Waals surface area contributed by atoms with E-state index in [1.165, 1.54) is 20.7 Å². The standard InChI is InChI=1S/C56H37N5OSi/c1-4-18-38(19-5-1)60-48-28-14-15-29-51(48)63(40-20-6-2-7-21-40,41-22-8-3-9-23-41)55-50(37-49-53(54(55)60)44-25-11-13-27-47(44)61(49)52-30-16-17-33-57-52)62-39-31-32-42-43-24-10-12-26-46(43)59-35-34-58-56(59)45(42)36-39/h1-37H. The Morgan fingerprint density at radius 3 is 1.90 bits per heavy atom. The molecule has 0 amide bonds. The Morgan fingerprint density at radius 2 is 1.14 bits per heavy atom. The molecule has 13 rings (SSSR count). The van der Waals surface area contributed by atoms with Gasteiger partial charge in [0.1, 0.15) is 23.0 Å². The molecule has 0 fully saturated rings. The third kappa shape index (κ3) is 5.11. The monoisotopic (exact) mass is 823 g/mol. The van der Waals surface area contributed by atoms with E-state index in [4.69, 9.17) is 14.7 Å². The third-order valence-electron chi connectivity index (χ3n) is 12.9. The number of para-hydroxylation sites is 4. The van der Waals surface area contributed by atoms with E-state index in [0.29, 0.717) is 0 Å². The number of nitrogens with zero attached hydrogens (tertiary/aromatic N) is 5. The van der Waals surface area contributed by atoms with Crippen LogP contribution in [0.5, 0.6) is 11.5 Å². The topological polar surface area (TPSA) is 47.6 Å². The van der Waals surface area contributed by atoms with Crippen LogP contribution in [0.4, 0.5) is 17.1 Å². The van der Waals surface area contributed by atoms with Gasteiger partial charge >= 0.3 is 0 Å². The van der Waals surface area contributed by atoms with E-state index in [9.17, 15) is 0 Å². The summed E-state index contributed by atoms with van der Waals surface area (Å²) in [5.74, 6) is 2.37. The zero-order valence-electron chi connectivity index (χ0n) is 34.0. The minimum Gasteiger partial charge on any atom is -0.457 e. The number of hydrogen-bond acceptors (Lipinski definition) is 4. The molecular weight excluding hydrogens is 787 g/mol. The lowest BCUT2D eigenvalue weighted by Gasteiger charge is -2.46. The summed E-state index contributed by atoms with van der Waals surface area (Å²) in [4.78, 5) is 12.4. The maximum Gasteiger partial charge on any atom is 0.188 e. The van der Waals surface area contributed by atoms with Gasteiger partial charge in [-0.3, -0.25) is 8.97 Å². The first-order chi connectivity index (χ1) is 31.3. The van der Waals surface area contributed by atoms with Crippen LogP contribution in [-0.4, -0.2) is 27.0 Å². The van der Waals surface area contributed by atoms with Gasteiger partial charge in [-0.05, 0) is 81.6 Å². The largest absolute Gasteiger partial charge is 0.457 e. The van der Waals surface area contributed by atoms with Gasteiger partial charge in [0.2, 0.25) is 0 Å². The van der Waals surface area contributed by atoms with Gasteiger partial charge in [0.25, 0.3) is 0 Å². The SMILES string of the molecule is c1ccc(N2c3ccccc3[Si](c3ccccc3)(c3ccccc3)c3c(Oc4ccc5c6ccccc6n6ccnc6c5c4)cc4c(c32)c2ccccc2n4-c2ccccn2)cc1. The van der Waals surface area contributed by atoms with Gasteiger partial charge in [0, 0.05) is 62.8 Å². The minimum atomic E-state index is -3.25. The van der Waals surface area contributed by atoms with E-state index in [1.54, 1.807) is 0 Å². The highest BCUT2D eigenvalue weighted by molar-refractivity contribution is 7.22. The van der Waals surface area contributed by atoms with Crippen LogP contribution in [0.2, 0.25) is 0 Å². The van der Waals surface area contributed by atoms with Crippen molar-refractivity contribution in [3.8, 4) is 17.3 Å². The van der Waals surface area contributed by atoms with E-state index in [1.807, 2.05) is 24.7 Å². The predicted molar refractivity (Wildman–Crippen MR) is 261 cm³/mol. The van der Waals surface area contributed by atoms with Crippen LogP contribution in [0, 0.1) is 0 Å². The quantitative estimate of drug-likeness (QED) is 0.124. The number of ether oxygens (including phenoxy) is 1. The van der Waals surface area contributed by atoms with Crippen molar-refractivity contribution in [2.45, 2.75) is 0 Å². The van der Waals surface area contributed by atoms with Gasteiger partial charge in [-0.1, -0.05) is 140 Å². The molecule has 0 saturated carbocycles. The zero-order chi connectivity index (χ0) is 41.5. The molecule has 63 heavy (non-hydrogen) atoms. The molecule has 4 aromatic heterocycles. The second-order valence-corrected chi connectivity index (χ2v) is 19.8. The first kappa shape index (κ1) is 35.5. The molecule has 0 unspecified atom stereocenters. The summed E-state index contributed by atoms with van der Waals surface area (Å²) in [6.07, 6.45) is 5.79. The van der Waals surface area contributed by atoms with Crippen molar-refractivity contribution in [3.05, 3.63) is 225 Å². The molecule has 1 aliphatic rings. The second-order valence-electron chi connectivity index (χ2n) is 16.2. The van der Waals surface area contributed by atoms with E-state index in [-0.39, 0.29) is 0 Å². The highest BCUT2D eigenvalue weighted by Gasteiger charge is 2.52. The van der Waals surface area contributed by atoms with Crippen molar-refractivity contribution >= 4 is 95.0 Å². The first-order valence-corrected chi connectivity index (χ1v) is 23.3. The van der Waals surface area contributed by atoms with Gasteiger partial charge < -0.3 is 9.64 Å². The molecule has 0 N–H and O–H groups in total. The fourth-order valence-electron chi connectivity index (χ4n) is 10.5. The molecule has 6 nitrogen and oxygen atoms in total.